The summed E-state index contributed by atoms with van der Waals surface area (Å²) < 4.78 is 0.993. The van der Waals surface area contributed by atoms with Gasteiger partial charge in [0.2, 0.25) is 0 Å². The zero-order valence-corrected chi connectivity index (χ0v) is 6.64. The molecule has 1 aromatic heterocycles. The number of hydrogen-bond acceptors (Lipinski definition) is 2. The second-order valence-electron chi connectivity index (χ2n) is 1.58. The Morgan fingerprint density at radius 1 is 1.67 bits per heavy atom. The van der Waals surface area contributed by atoms with Gasteiger partial charge in [0.25, 0.3) is 0 Å². The molecule has 0 aromatic carbocycles. The van der Waals surface area contributed by atoms with E-state index in [9.17, 15) is 0 Å². The molecule has 0 radical (unpaired) electrons. The number of nitrogens with one attached hydrogen (secondary N) is 1. The van der Waals surface area contributed by atoms with Crippen molar-refractivity contribution in [2.75, 3.05) is 12.4 Å². The molecule has 0 saturated heterocycles. The molecule has 0 aliphatic rings. The number of rotatable bonds is 1. The maximum absolute atomic E-state index is 4.04. The first kappa shape index (κ1) is 6.55. The van der Waals surface area contributed by atoms with E-state index in [1.165, 1.54) is 0 Å². The molecule has 0 saturated carbocycles. The van der Waals surface area contributed by atoms with Gasteiger partial charge >= 0.3 is 0 Å². The van der Waals surface area contributed by atoms with Gasteiger partial charge in [-0.25, -0.2) is 4.98 Å². The van der Waals surface area contributed by atoms with Crippen molar-refractivity contribution >= 4 is 21.7 Å². The highest BCUT2D eigenvalue weighted by Crippen LogP contribution is 2.16. The van der Waals surface area contributed by atoms with Crippen LogP contribution in [-0.2, 0) is 0 Å². The summed E-state index contributed by atoms with van der Waals surface area (Å²) in [6, 6.07) is 3.82. The van der Waals surface area contributed by atoms with E-state index in [0.717, 1.165) is 10.3 Å². The molecule has 48 valence electrons. The number of anilines is 1. The Morgan fingerprint density at radius 3 is 2.89 bits per heavy atom. The van der Waals surface area contributed by atoms with E-state index in [2.05, 4.69) is 26.2 Å². The predicted molar refractivity (Wildman–Crippen MR) is 41.5 cm³/mol. The minimum Gasteiger partial charge on any atom is -0.372 e. The Balaban J connectivity index is 3.01. The highest BCUT2D eigenvalue weighted by Gasteiger charge is 1.92. The lowest BCUT2D eigenvalue weighted by atomic mass is 10.5. The van der Waals surface area contributed by atoms with Crippen LogP contribution in [-0.4, -0.2) is 12.0 Å². The van der Waals surface area contributed by atoms with Gasteiger partial charge in [-0.15, -0.1) is 0 Å². The van der Waals surface area contributed by atoms with Crippen LogP contribution in [0.25, 0.3) is 0 Å². The van der Waals surface area contributed by atoms with E-state index in [0.29, 0.717) is 0 Å². The molecule has 1 rings (SSSR count). The number of hydrogen-bond donors (Lipinski definition) is 1. The molecule has 0 aliphatic carbocycles. The SMILES string of the molecule is CNc1ncccc1Br. The summed E-state index contributed by atoms with van der Waals surface area (Å²) in [5, 5.41) is 2.94. The molecule has 1 aromatic rings. The van der Waals surface area contributed by atoms with Crippen LogP contribution < -0.4 is 5.32 Å². The van der Waals surface area contributed by atoms with Crippen LogP contribution in [0.4, 0.5) is 5.82 Å². The molecule has 0 unspecified atom stereocenters. The van der Waals surface area contributed by atoms with Crippen molar-refractivity contribution in [2.45, 2.75) is 0 Å². The van der Waals surface area contributed by atoms with Gasteiger partial charge in [0.05, 0.1) is 4.47 Å². The molecular formula is C6H7BrN2. The van der Waals surface area contributed by atoms with E-state index in [1.807, 2.05) is 19.2 Å². The van der Waals surface area contributed by atoms with Crippen molar-refractivity contribution in [2.24, 2.45) is 0 Å². The summed E-state index contributed by atoms with van der Waals surface area (Å²) in [4.78, 5) is 4.04. The molecule has 0 bridgehead atoms. The van der Waals surface area contributed by atoms with Gasteiger partial charge in [0, 0.05) is 13.2 Å². The molecule has 0 atom stereocenters. The van der Waals surface area contributed by atoms with Crippen LogP contribution in [0, 0.1) is 0 Å². The zero-order chi connectivity index (χ0) is 6.69. The van der Waals surface area contributed by atoms with Gasteiger partial charge in [-0.1, -0.05) is 0 Å². The van der Waals surface area contributed by atoms with Gasteiger partial charge in [-0.3, -0.25) is 0 Å². The average molecular weight is 187 g/mol. The maximum atomic E-state index is 4.04. The zero-order valence-electron chi connectivity index (χ0n) is 5.06. The van der Waals surface area contributed by atoms with E-state index in [-0.39, 0.29) is 0 Å². The minimum absolute atomic E-state index is 0.873. The largest absolute Gasteiger partial charge is 0.372 e. The van der Waals surface area contributed by atoms with Gasteiger partial charge in [0.15, 0.2) is 0 Å². The lowest BCUT2D eigenvalue weighted by Crippen LogP contribution is -1.91. The Bertz CT molecular complexity index is 200. The summed E-state index contributed by atoms with van der Waals surface area (Å²) in [5.74, 6) is 0.873. The van der Waals surface area contributed by atoms with Gasteiger partial charge in [-0.05, 0) is 28.1 Å². The van der Waals surface area contributed by atoms with Crippen LogP contribution in [0.15, 0.2) is 22.8 Å². The number of halogens is 1. The van der Waals surface area contributed by atoms with Crippen LogP contribution in [0.2, 0.25) is 0 Å². The summed E-state index contributed by atoms with van der Waals surface area (Å²) in [5.41, 5.74) is 0. The monoisotopic (exact) mass is 186 g/mol. The fraction of sp³-hybridized carbons (Fsp3) is 0.167. The van der Waals surface area contributed by atoms with Crippen molar-refractivity contribution in [3.63, 3.8) is 0 Å². The summed E-state index contributed by atoms with van der Waals surface area (Å²) in [7, 11) is 1.84. The molecule has 2 nitrogen and oxygen atoms in total. The second kappa shape index (κ2) is 2.82. The van der Waals surface area contributed by atoms with E-state index in [1.54, 1.807) is 6.20 Å². The van der Waals surface area contributed by atoms with Gasteiger partial charge in [-0.2, -0.15) is 0 Å². The van der Waals surface area contributed by atoms with E-state index in [4.69, 9.17) is 0 Å². The number of aromatic nitrogens is 1. The topological polar surface area (TPSA) is 24.9 Å². The van der Waals surface area contributed by atoms with Crippen molar-refractivity contribution in [1.82, 2.24) is 4.98 Å². The summed E-state index contributed by atoms with van der Waals surface area (Å²) in [6.45, 7) is 0. The second-order valence-corrected chi connectivity index (χ2v) is 2.44. The van der Waals surface area contributed by atoms with Crippen molar-refractivity contribution in [3.8, 4) is 0 Å². The first-order valence-electron chi connectivity index (χ1n) is 2.63. The third-order valence-corrected chi connectivity index (χ3v) is 1.64. The van der Waals surface area contributed by atoms with Crippen LogP contribution in [0.5, 0.6) is 0 Å². The number of pyridine rings is 1. The van der Waals surface area contributed by atoms with Crippen molar-refractivity contribution in [1.29, 1.82) is 0 Å². The third kappa shape index (κ3) is 1.42. The first-order valence-corrected chi connectivity index (χ1v) is 3.42. The molecule has 0 amide bonds. The predicted octanol–water partition coefficient (Wildman–Crippen LogP) is 1.89. The van der Waals surface area contributed by atoms with Crippen LogP contribution >= 0.6 is 15.9 Å². The third-order valence-electron chi connectivity index (χ3n) is 0.995. The molecule has 0 aliphatic heterocycles. The van der Waals surface area contributed by atoms with Crippen LogP contribution in [0.3, 0.4) is 0 Å². The minimum atomic E-state index is 0.873. The molecule has 1 N–H and O–H groups in total. The molecule has 3 heteroatoms. The Hall–Kier alpha value is -0.570. The average Bonchev–Trinajstić information content (AvgIpc) is 1.89. The highest BCUT2D eigenvalue weighted by atomic mass is 79.9. The quantitative estimate of drug-likeness (QED) is 0.725. The smallest absolute Gasteiger partial charge is 0.140 e. The highest BCUT2D eigenvalue weighted by molar-refractivity contribution is 9.10. The van der Waals surface area contributed by atoms with E-state index >= 15 is 0 Å². The molecular weight excluding hydrogens is 180 g/mol. The lowest BCUT2D eigenvalue weighted by Gasteiger charge is -1.98. The van der Waals surface area contributed by atoms with Crippen LogP contribution in [0.1, 0.15) is 0 Å². The standard InChI is InChI=1S/C6H7BrN2/c1-8-6-5(7)3-2-4-9-6/h2-4H,1H3,(H,8,9). The Kier molecular flexibility index (Phi) is 2.05. The normalized spacial score (nSPS) is 9.11. The Labute approximate surface area is 62.4 Å². The summed E-state index contributed by atoms with van der Waals surface area (Å²) >= 11 is 3.33. The maximum Gasteiger partial charge on any atom is 0.140 e. The number of nitrogens with zero attached hydrogens (tertiary/aromatic N) is 1. The van der Waals surface area contributed by atoms with Gasteiger partial charge in [0.1, 0.15) is 5.82 Å². The lowest BCUT2D eigenvalue weighted by molar-refractivity contribution is 1.27. The van der Waals surface area contributed by atoms with Gasteiger partial charge < -0.3 is 5.32 Å². The summed E-state index contributed by atoms with van der Waals surface area (Å²) in [6.07, 6.45) is 1.75. The van der Waals surface area contributed by atoms with E-state index < -0.39 is 0 Å². The molecule has 1 heterocycles. The Morgan fingerprint density at radius 2 is 2.44 bits per heavy atom. The fourth-order valence-electron chi connectivity index (χ4n) is 0.570. The fourth-order valence-corrected chi connectivity index (χ4v) is 1.02. The molecule has 9 heavy (non-hydrogen) atoms. The van der Waals surface area contributed by atoms with Crippen molar-refractivity contribution in [3.05, 3.63) is 22.8 Å². The molecule has 0 spiro atoms. The van der Waals surface area contributed by atoms with Crippen molar-refractivity contribution < 1.29 is 0 Å². The molecule has 0 fully saturated rings. The first-order chi connectivity index (χ1) is 4.34.